The molecule has 0 saturated carbocycles. The lowest BCUT2D eigenvalue weighted by Crippen LogP contribution is -2.29. The molecule has 0 radical (unpaired) electrons. The van der Waals surface area contributed by atoms with Crippen molar-refractivity contribution in [1.29, 1.82) is 0 Å². The Labute approximate surface area is 115 Å². The quantitative estimate of drug-likeness (QED) is 0.466. The average molecular weight is 317 g/mol. The Morgan fingerprint density at radius 1 is 1.35 bits per heavy atom. The van der Waals surface area contributed by atoms with E-state index in [1.807, 2.05) is 32.9 Å². The summed E-state index contributed by atoms with van der Waals surface area (Å²) in [6.45, 7) is 6.01. The molecular weight excluding hydrogens is 300 g/mol. The molecule has 0 atom stereocenters. The number of rotatable bonds is 5. The second kappa shape index (κ2) is 6.45. The maximum atomic E-state index is 11.7. The van der Waals surface area contributed by atoms with Crippen LogP contribution in [0.25, 0.3) is 0 Å². The van der Waals surface area contributed by atoms with Gasteiger partial charge in [-0.25, -0.2) is 0 Å². The van der Waals surface area contributed by atoms with Crippen LogP contribution < -0.4 is 0 Å². The summed E-state index contributed by atoms with van der Waals surface area (Å²) in [6.07, 6.45) is 0. The molecule has 0 N–H and O–H groups in total. The normalized spacial score (nSPS) is 11.3. The smallest absolute Gasteiger partial charge is 0.321 e. The number of ether oxygens (including phenoxy) is 1. The number of thioether (sulfide) groups is 1. The van der Waals surface area contributed by atoms with Gasteiger partial charge in [0.1, 0.15) is 4.75 Å². The average Bonchev–Trinajstić information content (AvgIpc) is 2.30. The minimum atomic E-state index is -0.550. The minimum Gasteiger partial charge on any atom is -0.465 e. The third-order valence-electron chi connectivity index (χ3n) is 2.22. The van der Waals surface area contributed by atoms with Gasteiger partial charge in [0.15, 0.2) is 0 Å². The third kappa shape index (κ3) is 4.36. The Balaban J connectivity index is 2.71. The number of halogens is 1. The fourth-order valence-corrected chi connectivity index (χ4v) is 2.67. The maximum absolute atomic E-state index is 11.7. The molecule has 0 bridgehead atoms. The summed E-state index contributed by atoms with van der Waals surface area (Å²) in [7, 11) is 0. The van der Waals surface area contributed by atoms with Crippen molar-refractivity contribution in [2.75, 3.05) is 6.61 Å². The molecule has 0 amide bonds. The molecule has 0 aliphatic heterocycles. The van der Waals surface area contributed by atoms with Crippen molar-refractivity contribution in [3.05, 3.63) is 29.8 Å². The monoisotopic (exact) mass is 316 g/mol. The molecule has 1 aromatic rings. The second-order valence-corrected chi connectivity index (χ2v) is 6.37. The first-order valence-corrected chi connectivity index (χ1v) is 7.44. The molecule has 94 valence electrons. The molecule has 0 aliphatic carbocycles. The number of alkyl halides is 1. The van der Waals surface area contributed by atoms with Gasteiger partial charge < -0.3 is 4.74 Å². The Morgan fingerprint density at radius 3 is 2.41 bits per heavy atom. The van der Waals surface area contributed by atoms with Crippen molar-refractivity contribution in [2.24, 2.45) is 0 Å². The standard InChI is InChI=1S/C13H17BrO2S/c1-4-16-12(15)13(2,3)17-11-7-5-10(9-14)6-8-11/h5-8H,4,9H2,1-3H3. The van der Waals surface area contributed by atoms with Crippen LogP contribution in [0.4, 0.5) is 0 Å². The number of carbonyl (C=O) groups excluding carboxylic acids is 1. The van der Waals surface area contributed by atoms with Crippen LogP contribution in [0, 0.1) is 0 Å². The molecule has 0 aromatic heterocycles. The van der Waals surface area contributed by atoms with Gasteiger partial charge >= 0.3 is 5.97 Å². The van der Waals surface area contributed by atoms with E-state index in [0.717, 1.165) is 10.2 Å². The summed E-state index contributed by atoms with van der Waals surface area (Å²) in [5.41, 5.74) is 1.23. The van der Waals surface area contributed by atoms with E-state index in [-0.39, 0.29) is 5.97 Å². The third-order valence-corrected chi connectivity index (χ3v) is 4.05. The molecule has 0 unspecified atom stereocenters. The largest absolute Gasteiger partial charge is 0.465 e. The lowest BCUT2D eigenvalue weighted by atomic mass is 10.2. The Bertz CT molecular complexity index is 374. The highest BCUT2D eigenvalue weighted by atomic mass is 79.9. The molecule has 17 heavy (non-hydrogen) atoms. The fraction of sp³-hybridized carbons (Fsp3) is 0.462. The SMILES string of the molecule is CCOC(=O)C(C)(C)Sc1ccc(CBr)cc1. The number of hydrogen-bond donors (Lipinski definition) is 0. The van der Waals surface area contributed by atoms with Crippen LogP contribution in [-0.2, 0) is 14.9 Å². The van der Waals surface area contributed by atoms with Crippen LogP contribution in [0.1, 0.15) is 26.3 Å². The second-order valence-electron chi connectivity index (χ2n) is 4.11. The fourth-order valence-electron chi connectivity index (χ4n) is 1.29. The van der Waals surface area contributed by atoms with Crippen LogP contribution in [0.5, 0.6) is 0 Å². The van der Waals surface area contributed by atoms with Gasteiger partial charge in [-0.3, -0.25) is 4.79 Å². The summed E-state index contributed by atoms with van der Waals surface area (Å²) in [6, 6.07) is 8.17. The zero-order valence-corrected chi connectivity index (χ0v) is 12.7. The van der Waals surface area contributed by atoms with Gasteiger partial charge in [-0.2, -0.15) is 0 Å². The molecule has 0 aliphatic rings. The van der Waals surface area contributed by atoms with Crippen molar-refractivity contribution in [1.82, 2.24) is 0 Å². The maximum Gasteiger partial charge on any atom is 0.321 e. The van der Waals surface area contributed by atoms with Gasteiger partial charge in [-0.05, 0) is 38.5 Å². The molecule has 0 heterocycles. The topological polar surface area (TPSA) is 26.3 Å². The van der Waals surface area contributed by atoms with Crippen LogP contribution in [0.15, 0.2) is 29.2 Å². The van der Waals surface area contributed by atoms with Crippen molar-refractivity contribution >= 4 is 33.7 Å². The Morgan fingerprint density at radius 2 is 1.94 bits per heavy atom. The number of esters is 1. The van der Waals surface area contributed by atoms with E-state index in [2.05, 4.69) is 28.1 Å². The van der Waals surface area contributed by atoms with Gasteiger partial charge in [0.05, 0.1) is 6.61 Å². The zero-order chi connectivity index (χ0) is 12.9. The number of carbonyl (C=O) groups is 1. The van der Waals surface area contributed by atoms with Gasteiger partial charge in [0.2, 0.25) is 0 Å². The first-order chi connectivity index (χ1) is 7.99. The molecular formula is C13H17BrO2S. The van der Waals surface area contributed by atoms with E-state index in [0.29, 0.717) is 6.61 Å². The van der Waals surface area contributed by atoms with E-state index in [4.69, 9.17) is 4.74 Å². The molecule has 0 saturated heterocycles. The number of benzene rings is 1. The van der Waals surface area contributed by atoms with Crippen molar-refractivity contribution in [2.45, 2.75) is 35.7 Å². The lowest BCUT2D eigenvalue weighted by Gasteiger charge is -2.21. The molecule has 1 rings (SSSR count). The van der Waals surface area contributed by atoms with Gasteiger partial charge in [-0.15, -0.1) is 11.8 Å². The van der Waals surface area contributed by atoms with Crippen LogP contribution >= 0.6 is 27.7 Å². The summed E-state index contributed by atoms with van der Waals surface area (Å²) < 4.78 is 4.51. The van der Waals surface area contributed by atoms with Crippen LogP contribution in [0.3, 0.4) is 0 Å². The van der Waals surface area contributed by atoms with Crippen LogP contribution in [0.2, 0.25) is 0 Å². The summed E-state index contributed by atoms with van der Waals surface area (Å²) in [5, 5.41) is 0.846. The van der Waals surface area contributed by atoms with E-state index >= 15 is 0 Å². The first kappa shape index (κ1) is 14.6. The minimum absolute atomic E-state index is 0.172. The summed E-state index contributed by atoms with van der Waals surface area (Å²) in [5.74, 6) is -0.172. The van der Waals surface area contributed by atoms with Crippen molar-refractivity contribution < 1.29 is 9.53 Å². The zero-order valence-electron chi connectivity index (χ0n) is 10.3. The first-order valence-electron chi connectivity index (χ1n) is 5.50. The molecule has 4 heteroatoms. The van der Waals surface area contributed by atoms with E-state index in [1.54, 1.807) is 0 Å². The molecule has 1 aromatic carbocycles. The highest BCUT2D eigenvalue weighted by Crippen LogP contribution is 2.33. The number of hydrogen-bond acceptors (Lipinski definition) is 3. The Hall–Kier alpha value is -0.480. The van der Waals surface area contributed by atoms with E-state index in [9.17, 15) is 4.79 Å². The predicted molar refractivity (Wildman–Crippen MR) is 75.6 cm³/mol. The van der Waals surface area contributed by atoms with Gasteiger partial charge in [0.25, 0.3) is 0 Å². The highest BCUT2D eigenvalue weighted by molar-refractivity contribution is 9.08. The highest BCUT2D eigenvalue weighted by Gasteiger charge is 2.30. The molecule has 2 nitrogen and oxygen atoms in total. The van der Waals surface area contributed by atoms with E-state index < -0.39 is 4.75 Å². The van der Waals surface area contributed by atoms with Gasteiger partial charge in [-0.1, -0.05) is 28.1 Å². The summed E-state index contributed by atoms with van der Waals surface area (Å²) >= 11 is 4.93. The van der Waals surface area contributed by atoms with Crippen molar-refractivity contribution in [3.8, 4) is 0 Å². The predicted octanol–water partition coefficient (Wildman–Crippen LogP) is 4.02. The van der Waals surface area contributed by atoms with Crippen molar-refractivity contribution in [3.63, 3.8) is 0 Å². The lowest BCUT2D eigenvalue weighted by molar-refractivity contribution is -0.145. The van der Waals surface area contributed by atoms with Crippen LogP contribution in [-0.4, -0.2) is 17.3 Å². The van der Waals surface area contributed by atoms with E-state index in [1.165, 1.54) is 17.3 Å². The molecule has 0 fully saturated rings. The van der Waals surface area contributed by atoms with Gasteiger partial charge in [0, 0.05) is 10.2 Å². The molecule has 0 spiro atoms. The Kier molecular flexibility index (Phi) is 5.53. The summed E-state index contributed by atoms with van der Waals surface area (Å²) in [4.78, 5) is 12.8.